The van der Waals surface area contributed by atoms with Crippen LogP contribution in [-0.4, -0.2) is 10.4 Å². The molecule has 0 unspecified atom stereocenters. The van der Waals surface area contributed by atoms with Gasteiger partial charge in [-0.05, 0) is 18.1 Å². The van der Waals surface area contributed by atoms with Gasteiger partial charge in [0, 0.05) is 19.2 Å². The second-order valence-electron chi connectivity index (χ2n) is 3.45. The Balaban J connectivity index is 2.32. The van der Waals surface area contributed by atoms with E-state index in [1.165, 1.54) is 0 Å². The van der Waals surface area contributed by atoms with Gasteiger partial charge in [-0.3, -0.25) is 4.79 Å². The van der Waals surface area contributed by atoms with Crippen molar-refractivity contribution in [2.75, 3.05) is 0 Å². The van der Waals surface area contributed by atoms with E-state index in [-0.39, 0.29) is 0 Å². The maximum Gasteiger partial charge on any atom is 0.179 e. The van der Waals surface area contributed by atoms with Gasteiger partial charge in [0.05, 0.1) is 5.69 Å². The lowest BCUT2D eigenvalue weighted by molar-refractivity contribution is 0.0921. The van der Waals surface area contributed by atoms with E-state index in [0.29, 0.717) is 11.7 Å². The average molecular weight is 163 g/mol. The van der Waals surface area contributed by atoms with Gasteiger partial charge in [-0.25, -0.2) is 0 Å². The molecule has 0 aromatic carbocycles. The lowest BCUT2D eigenvalue weighted by Crippen LogP contribution is -2.23. The fourth-order valence-corrected chi connectivity index (χ4v) is 1.81. The molecule has 1 aromatic rings. The molecule has 0 spiro atoms. The summed E-state index contributed by atoms with van der Waals surface area (Å²) in [7, 11) is 0. The first-order valence-corrected chi connectivity index (χ1v) is 4.49. The number of Topliss-reactive ketones (excluding diaryl/α,β-unsaturated/α-hetero) is 1. The molecule has 1 aliphatic heterocycles. The monoisotopic (exact) mass is 163 g/mol. The first-order valence-electron chi connectivity index (χ1n) is 4.49. The third-order valence-corrected chi connectivity index (χ3v) is 2.62. The largest absolute Gasteiger partial charge is 0.345 e. The van der Waals surface area contributed by atoms with Crippen LogP contribution in [0, 0.1) is 5.92 Å². The summed E-state index contributed by atoms with van der Waals surface area (Å²) in [4.78, 5) is 11.5. The summed E-state index contributed by atoms with van der Waals surface area (Å²) in [6, 6.07) is 3.86. The van der Waals surface area contributed by atoms with E-state index in [0.717, 1.165) is 25.1 Å². The first kappa shape index (κ1) is 7.59. The number of ketones is 1. The Morgan fingerprint density at radius 2 is 2.50 bits per heavy atom. The van der Waals surface area contributed by atoms with E-state index >= 15 is 0 Å². The number of hydrogen-bond donors (Lipinski definition) is 0. The average Bonchev–Trinajstić information content (AvgIpc) is 2.52. The molecule has 2 heterocycles. The van der Waals surface area contributed by atoms with E-state index in [2.05, 4.69) is 11.5 Å². The molecule has 2 nitrogen and oxygen atoms in total. The summed E-state index contributed by atoms with van der Waals surface area (Å²) in [6.07, 6.45) is 3.83. The van der Waals surface area contributed by atoms with Crippen molar-refractivity contribution in [1.29, 1.82) is 0 Å². The smallest absolute Gasteiger partial charge is 0.179 e. The topological polar surface area (TPSA) is 22.0 Å². The quantitative estimate of drug-likeness (QED) is 0.621. The molecule has 64 valence electrons. The zero-order chi connectivity index (χ0) is 8.55. The lowest BCUT2D eigenvalue weighted by Gasteiger charge is -2.22. The Morgan fingerprint density at radius 1 is 1.67 bits per heavy atom. The number of aromatic nitrogens is 1. The maximum absolute atomic E-state index is 11.5. The molecule has 0 aliphatic carbocycles. The van der Waals surface area contributed by atoms with Crippen molar-refractivity contribution in [2.45, 2.75) is 26.3 Å². The van der Waals surface area contributed by atoms with E-state index in [1.807, 2.05) is 18.3 Å². The summed E-state index contributed by atoms with van der Waals surface area (Å²) >= 11 is 0. The van der Waals surface area contributed by atoms with Crippen molar-refractivity contribution in [2.24, 2.45) is 5.92 Å². The van der Waals surface area contributed by atoms with Gasteiger partial charge in [0.1, 0.15) is 0 Å². The van der Waals surface area contributed by atoms with Crippen molar-refractivity contribution in [3.05, 3.63) is 24.0 Å². The van der Waals surface area contributed by atoms with Crippen LogP contribution in [0.3, 0.4) is 0 Å². The van der Waals surface area contributed by atoms with Crippen molar-refractivity contribution < 1.29 is 4.79 Å². The maximum atomic E-state index is 11.5. The summed E-state index contributed by atoms with van der Waals surface area (Å²) in [6.45, 7) is 3.16. The standard InChI is InChI=1S/C10H13NO/c1-2-8-6-10(12)9-4-3-5-11(9)7-8/h3-5,8H,2,6-7H2,1H3/t8-/m0/s1. The SMILES string of the molecule is CC[C@H]1CC(=O)c2cccn2C1. The van der Waals surface area contributed by atoms with Crippen molar-refractivity contribution in [3.8, 4) is 0 Å². The number of rotatable bonds is 1. The van der Waals surface area contributed by atoms with E-state index < -0.39 is 0 Å². The molecular weight excluding hydrogens is 150 g/mol. The molecule has 0 fully saturated rings. The van der Waals surface area contributed by atoms with Crippen LogP contribution >= 0.6 is 0 Å². The molecule has 2 heteroatoms. The molecule has 0 amide bonds. The second kappa shape index (κ2) is 2.77. The molecule has 0 bridgehead atoms. The van der Waals surface area contributed by atoms with Gasteiger partial charge >= 0.3 is 0 Å². The number of carbonyl (C=O) groups excluding carboxylic acids is 1. The summed E-state index contributed by atoms with van der Waals surface area (Å²) in [5.41, 5.74) is 0.889. The van der Waals surface area contributed by atoms with E-state index in [9.17, 15) is 4.79 Å². The molecule has 1 aromatic heterocycles. The molecule has 0 saturated carbocycles. The molecule has 1 aliphatic rings. The van der Waals surface area contributed by atoms with E-state index in [4.69, 9.17) is 0 Å². The molecule has 0 saturated heterocycles. The van der Waals surface area contributed by atoms with Crippen LogP contribution in [0.2, 0.25) is 0 Å². The Labute approximate surface area is 72.2 Å². The number of nitrogens with zero attached hydrogens (tertiary/aromatic N) is 1. The van der Waals surface area contributed by atoms with Gasteiger partial charge in [0.2, 0.25) is 0 Å². The van der Waals surface area contributed by atoms with Crippen LogP contribution < -0.4 is 0 Å². The highest BCUT2D eigenvalue weighted by Gasteiger charge is 2.22. The van der Waals surface area contributed by atoms with Gasteiger partial charge < -0.3 is 4.57 Å². The molecule has 2 rings (SSSR count). The highest BCUT2D eigenvalue weighted by atomic mass is 16.1. The number of fused-ring (bicyclic) bond motifs is 1. The predicted octanol–water partition coefficient (Wildman–Crippen LogP) is 2.10. The Morgan fingerprint density at radius 3 is 3.25 bits per heavy atom. The van der Waals surface area contributed by atoms with Crippen LogP contribution in [0.15, 0.2) is 18.3 Å². The highest BCUT2D eigenvalue weighted by Crippen LogP contribution is 2.22. The summed E-state index contributed by atoms with van der Waals surface area (Å²) < 4.78 is 2.07. The van der Waals surface area contributed by atoms with Gasteiger partial charge in [-0.15, -0.1) is 0 Å². The Kier molecular flexibility index (Phi) is 1.75. The zero-order valence-corrected chi connectivity index (χ0v) is 7.29. The van der Waals surface area contributed by atoms with Crippen molar-refractivity contribution in [1.82, 2.24) is 4.57 Å². The first-order chi connectivity index (χ1) is 5.81. The number of hydrogen-bond acceptors (Lipinski definition) is 1. The minimum Gasteiger partial charge on any atom is -0.345 e. The predicted molar refractivity (Wildman–Crippen MR) is 47.2 cm³/mol. The molecule has 0 radical (unpaired) electrons. The Hall–Kier alpha value is -1.05. The van der Waals surface area contributed by atoms with Gasteiger partial charge in [-0.2, -0.15) is 0 Å². The third-order valence-electron chi connectivity index (χ3n) is 2.62. The van der Waals surface area contributed by atoms with Crippen molar-refractivity contribution in [3.63, 3.8) is 0 Å². The summed E-state index contributed by atoms with van der Waals surface area (Å²) in [5.74, 6) is 0.857. The van der Waals surface area contributed by atoms with Crippen LogP contribution in [0.25, 0.3) is 0 Å². The lowest BCUT2D eigenvalue weighted by atomic mass is 9.95. The fourth-order valence-electron chi connectivity index (χ4n) is 1.81. The molecular formula is C10H13NO. The van der Waals surface area contributed by atoms with Crippen molar-refractivity contribution >= 4 is 5.78 Å². The highest BCUT2D eigenvalue weighted by molar-refractivity contribution is 5.95. The van der Waals surface area contributed by atoms with Crippen LogP contribution in [0.1, 0.15) is 30.3 Å². The molecule has 12 heavy (non-hydrogen) atoms. The van der Waals surface area contributed by atoms with Crippen LogP contribution in [-0.2, 0) is 6.54 Å². The van der Waals surface area contributed by atoms with Gasteiger partial charge in [0.15, 0.2) is 5.78 Å². The van der Waals surface area contributed by atoms with Gasteiger partial charge in [0.25, 0.3) is 0 Å². The third kappa shape index (κ3) is 1.07. The number of carbonyl (C=O) groups is 1. The Bertz CT molecular complexity index is 301. The fraction of sp³-hybridized carbons (Fsp3) is 0.500. The van der Waals surface area contributed by atoms with Gasteiger partial charge in [-0.1, -0.05) is 13.3 Å². The zero-order valence-electron chi connectivity index (χ0n) is 7.29. The minimum atomic E-state index is 0.304. The second-order valence-corrected chi connectivity index (χ2v) is 3.45. The van der Waals surface area contributed by atoms with E-state index in [1.54, 1.807) is 0 Å². The minimum absolute atomic E-state index is 0.304. The van der Waals surface area contributed by atoms with Crippen LogP contribution in [0.5, 0.6) is 0 Å². The molecule has 0 N–H and O–H groups in total. The van der Waals surface area contributed by atoms with Crippen LogP contribution in [0.4, 0.5) is 0 Å². The molecule has 1 atom stereocenters. The normalized spacial score (nSPS) is 22.4. The summed E-state index contributed by atoms with van der Waals surface area (Å²) in [5, 5.41) is 0.